The highest BCUT2D eigenvalue weighted by Crippen LogP contribution is 2.20. The van der Waals surface area contributed by atoms with Crippen molar-refractivity contribution in [1.29, 1.82) is 0 Å². The Morgan fingerprint density at radius 3 is 2.41 bits per heavy atom. The van der Waals surface area contributed by atoms with Crippen LogP contribution in [0.25, 0.3) is 11.3 Å². The van der Waals surface area contributed by atoms with Crippen molar-refractivity contribution in [1.82, 2.24) is 9.88 Å². The summed E-state index contributed by atoms with van der Waals surface area (Å²) >= 11 is 0. The second-order valence-electron chi connectivity index (χ2n) is 5.81. The zero-order chi connectivity index (χ0) is 19.3. The third kappa shape index (κ3) is 4.81. The molecule has 1 N–H and O–H groups in total. The van der Waals surface area contributed by atoms with Crippen LogP contribution in [0.1, 0.15) is 12.6 Å². The van der Waals surface area contributed by atoms with E-state index in [1.165, 1.54) is 19.1 Å². The molecule has 0 amide bonds. The van der Waals surface area contributed by atoms with Gasteiger partial charge < -0.3 is 9.26 Å². The summed E-state index contributed by atoms with van der Waals surface area (Å²) in [6.45, 7) is 1.30. The minimum Gasteiger partial charge on any atom is -0.458 e. The Kier molecular flexibility index (Phi) is 5.68. The monoisotopic (exact) mass is 386 g/mol. The second kappa shape index (κ2) is 8.15. The molecule has 0 radical (unpaired) electrons. The number of ether oxygens (including phenoxy) is 1. The lowest BCUT2D eigenvalue weighted by atomic mass is 10.2. The Labute approximate surface area is 157 Å². The molecule has 0 aliphatic carbocycles. The highest BCUT2D eigenvalue weighted by molar-refractivity contribution is 7.89. The number of benzene rings is 2. The van der Waals surface area contributed by atoms with Crippen LogP contribution in [0.2, 0.25) is 0 Å². The van der Waals surface area contributed by atoms with E-state index in [0.29, 0.717) is 11.5 Å². The van der Waals surface area contributed by atoms with E-state index in [1.807, 2.05) is 30.3 Å². The van der Waals surface area contributed by atoms with Crippen molar-refractivity contribution in [2.45, 2.75) is 24.5 Å². The number of carbonyl (C=O) groups excluding carboxylic acids is 1. The highest BCUT2D eigenvalue weighted by atomic mass is 32.2. The van der Waals surface area contributed by atoms with Gasteiger partial charge in [0.05, 0.1) is 4.90 Å². The number of carbonyl (C=O) groups is 1. The van der Waals surface area contributed by atoms with Crippen molar-refractivity contribution in [2.24, 2.45) is 0 Å². The lowest BCUT2D eigenvalue weighted by Gasteiger charge is -2.13. The normalized spacial score (nSPS) is 12.5. The van der Waals surface area contributed by atoms with Crippen molar-refractivity contribution < 1.29 is 22.5 Å². The molecular weight excluding hydrogens is 368 g/mol. The topological polar surface area (TPSA) is 98.5 Å². The molecule has 0 aliphatic heterocycles. The molecule has 0 saturated carbocycles. The van der Waals surface area contributed by atoms with Gasteiger partial charge in [0.1, 0.15) is 18.3 Å². The van der Waals surface area contributed by atoms with Crippen LogP contribution in [-0.4, -0.2) is 25.6 Å². The number of rotatable bonds is 7. The molecule has 0 spiro atoms. The van der Waals surface area contributed by atoms with Crippen molar-refractivity contribution in [3.8, 4) is 11.3 Å². The quantitative estimate of drug-likeness (QED) is 0.627. The maximum atomic E-state index is 12.2. The average Bonchev–Trinajstić information content (AvgIpc) is 3.16. The minimum atomic E-state index is -3.80. The molecule has 1 atom stereocenters. The Morgan fingerprint density at radius 2 is 1.74 bits per heavy atom. The van der Waals surface area contributed by atoms with Gasteiger partial charge in [-0.15, -0.1) is 0 Å². The van der Waals surface area contributed by atoms with Gasteiger partial charge in [-0.1, -0.05) is 53.7 Å². The summed E-state index contributed by atoms with van der Waals surface area (Å²) in [5.41, 5.74) is 1.28. The lowest BCUT2D eigenvalue weighted by molar-refractivity contribution is -0.146. The molecular formula is C19H18N2O5S. The molecule has 0 fully saturated rings. The van der Waals surface area contributed by atoms with Gasteiger partial charge in [0.2, 0.25) is 10.0 Å². The number of nitrogens with zero attached hydrogens (tertiary/aromatic N) is 1. The standard InChI is InChI=1S/C19H18N2O5S/c1-14(21-27(23,24)17-10-6-3-7-11-17)19(22)25-13-16-12-18(26-20-16)15-8-4-2-5-9-15/h2-12,14,21H,13H2,1H3/t14-/m0/s1. The van der Waals surface area contributed by atoms with Gasteiger partial charge in [0.25, 0.3) is 0 Å². The molecule has 0 saturated heterocycles. The van der Waals surface area contributed by atoms with E-state index in [9.17, 15) is 13.2 Å². The van der Waals surface area contributed by atoms with Crippen LogP contribution in [0.3, 0.4) is 0 Å². The van der Waals surface area contributed by atoms with Crippen molar-refractivity contribution >= 4 is 16.0 Å². The van der Waals surface area contributed by atoms with E-state index in [4.69, 9.17) is 9.26 Å². The summed E-state index contributed by atoms with van der Waals surface area (Å²) in [6.07, 6.45) is 0. The Bertz CT molecular complexity index is 1000. The number of nitrogens with one attached hydrogen (secondary N) is 1. The van der Waals surface area contributed by atoms with E-state index in [2.05, 4.69) is 9.88 Å². The smallest absolute Gasteiger partial charge is 0.324 e. The fourth-order valence-corrected chi connectivity index (χ4v) is 3.55. The number of sulfonamides is 1. The molecule has 0 bridgehead atoms. The van der Waals surface area contributed by atoms with Crippen molar-refractivity contribution in [2.75, 3.05) is 0 Å². The molecule has 1 aromatic heterocycles. The highest BCUT2D eigenvalue weighted by Gasteiger charge is 2.23. The molecule has 7 nitrogen and oxygen atoms in total. The SMILES string of the molecule is C[C@H](NS(=O)(=O)c1ccccc1)C(=O)OCc1cc(-c2ccccc2)on1. The zero-order valence-corrected chi connectivity index (χ0v) is 15.3. The van der Waals surface area contributed by atoms with E-state index in [-0.39, 0.29) is 11.5 Å². The maximum absolute atomic E-state index is 12.2. The van der Waals surface area contributed by atoms with Crippen LogP contribution in [0.15, 0.2) is 76.1 Å². The summed E-state index contributed by atoms with van der Waals surface area (Å²) in [6, 6.07) is 17.8. The number of esters is 1. The first-order chi connectivity index (χ1) is 13.0. The number of hydrogen-bond donors (Lipinski definition) is 1. The fraction of sp³-hybridized carbons (Fsp3) is 0.158. The van der Waals surface area contributed by atoms with E-state index in [1.54, 1.807) is 24.3 Å². The van der Waals surface area contributed by atoms with Crippen LogP contribution in [-0.2, 0) is 26.2 Å². The molecule has 0 aliphatic rings. The number of hydrogen-bond acceptors (Lipinski definition) is 6. The first-order valence-electron chi connectivity index (χ1n) is 8.21. The summed E-state index contributed by atoms with van der Waals surface area (Å²) in [7, 11) is -3.80. The van der Waals surface area contributed by atoms with Gasteiger partial charge in [-0.05, 0) is 19.1 Å². The van der Waals surface area contributed by atoms with Gasteiger partial charge in [0.15, 0.2) is 5.76 Å². The molecule has 1 heterocycles. The Morgan fingerprint density at radius 1 is 1.11 bits per heavy atom. The predicted octanol–water partition coefficient (Wildman–Crippen LogP) is 2.75. The lowest BCUT2D eigenvalue weighted by Crippen LogP contribution is -2.39. The molecule has 8 heteroatoms. The predicted molar refractivity (Wildman–Crippen MR) is 98.0 cm³/mol. The summed E-state index contributed by atoms with van der Waals surface area (Å²) in [4.78, 5) is 12.2. The second-order valence-corrected chi connectivity index (χ2v) is 7.53. The molecule has 3 aromatic rings. The van der Waals surface area contributed by atoms with Gasteiger partial charge in [-0.3, -0.25) is 4.79 Å². The summed E-state index contributed by atoms with van der Waals surface area (Å²) < 4.78 is 37.1. The van der Waals surface area contributed by atoms with E-state index < -0.39 is 22.0 Å². The Hall–Kier alpha value is -2.97. The summed E-state index contributed by atoms with van der Waals surface area (Å²) in [5.74, 6) is -0.154. The van der Waals surface area contributed by atoms with Gasteiger partial charge in [-0.2, -0.15) is 4.72 Å². The van der Waals surface area contributed by atoms with Crippen LogP contribution in [0.4, 0.5) is 0 Å². The molecule has 2 aromatic carbocycles. The zero-order valence-electron chi connectivity index (χ0n) is 14.5. The van der Waals surface area contributed by atoms with Crippen LogP contribution in [0.5, 0.6) is 0 Å². The fourth-order valence-electron chi connectivity index (χ4n) is 2.34. The van der Waals surface area contributed by atoms with Gasteiger partial charge in [0, 0.05) is 11.6 Å². The van der Waals surface area contributed by atoms with Crippen molar-refractivity contribution in [3.05, 3.63) is 72.4 Å². The third-order valence-corrected chi connectivity index (χ3v) is 5.28. The average molecular weight is 386 g/mol. The first kappa shape index (κ1) is 18.8. The third-order valence-electron chi connectivity index (χ3n) is 3.72. The molecule has 27 heavy (non-hydrogen) atoms. The van der Waals surface area contributed by atoms with Crippen LogP contribution < -0.4 is 4.72 Å². The molecule has 3 rings (SSSR count). The molecule has 0 unspecified atom stereocenters. The largest absolute Gasteiger partial charge is 0.458 e. The first-order valence-corrected chi connectivity index (χ1v) is 9.69. The Balaban J connectivity index is 1.57. The van der Waals surface area contributed by atoms with Crippen LogP contribution >= 0.6 is 0 Å². The van der Waals surface area contributed by atoms with E-state index >= 15 is 0 Å². The minimum absolute atomic E-state index is 0.0775. The van der Waals surface area contributed by atoms with Gasteiger partial charge >= 0.3 is 5.97 Å². The van der Waals surface area contributed by atoms with Gasteiger partial charge in [-0.25, -0.2) is 8.42 Å². The summed E-state index contributed by atoms with van der Waals surface area (Å²) in [5, 5.41) is 3.86. The van der Waals surface area contributed by atoms with Crippen LogP contribution in [0, 0.1) is 0 Å². The maximum Gasteiger partial charge on any atom is 0.324 e. The number of aromatic nitrogens is 1. The van der Waals surface area contributed by atoms with E-state index in [0.717, 1.165) is 5.56 Å². The van der Waals surface area contributed by atoms with Crippen molar-refractivity contribution in [3.63, 3.8) is 0 Å². The molecule has 140 valence electrons.